The Morgan fingerprint density at radius 2 is 2.18 bits per heavy atom. The van der Waals surface area contributed by atoms with E-state index in [-0.39, 0.29) is 12.0 Å². The second-order valence-electron chi connectivity index (χ2n) is 3.80. The lowest BCUT2D eigenvalue weighted by Crippen LogP contribution is -2.17. The first-order chi connectivity index (χ1) is 5.08. The first kappa shape index (κ1) is 8.54. The van der Waals surface area contributed by atoms with E-state index in [1.165, 1.54) is 5.57 Å². The smallest absolute Gasteiger partial charge is 0.0681 e. The maximum atomic E-state index is 8.98. The van der Waals surface area contributed by atoms with Gasteiger partial charge in [0, 0.05) is 0 Å². The zero-order valence-corrected chi connectivity index (χ0v) is 7.52. The van der Waals surface area contributed by atoms with Crippen molar-refractivity contribution in [1.82, 2.24) is 0 Å². The first-order valence-corrected chi connectivity index (χ1v) is 4.05. The van der Waals surface area contributed by atoms with Crippen LogP contribution in [0.5, 0.6) is 0 Å². The molecule has 0 bridgehead atoms. The van der Waals surface area contributed by atoms with Gasteiger partial charge in [-0.15, -0.1) is 0 Å². The van der Waals surface area contributed by atoms with Crippen LogP contribution >= 0.6 is 0 Å². The zero-order valence-electron chi connectivity index (χ0n) is 7.52. The third-order valence-electron chi connectivity index (χ3n) is 2.61. The van der Waals surface area contributed by atoms with E-state index in [9.17, 15) is 0 Å². The molecular weight excluding hydrogens is 136 g/mol. The second kappa shape index (κ2) is 2.82. The van der Waals surface area contributed by atoms with Crippen molar-refractivity contribution < 1.29 is 5.11 Å². The summed E-state index contributed by atoms with van der Waals surface area (Å²) in [6.45, 7) is 6.70. The maximum absolute atomic E-state index is 8.98. The van der Waals surface area contributed by atoms with Crippen LogP contribution in [0.2, 0.25) is 0 Å². The van der Waals surface area contributed by atoms with Gasteiger partial charge in [0.05, 0.1) is 6.61 Å². The molecule has 0 unspecified atom stereocenters. The molecule has 0 aromatic heterocycles. The highest BCUT2D eigenvalue weighted by atomic mass is 16.3. The molecule has 1 aliphatic rings. The lowest BCUT2D eigenvalue weighted by Gasteiger charge is -2.29. The first-order valence-electron chi connectivity index (χ1n) is 4.05. The lowest BCUT2D eigenvalue weighted by atomic mass is 9.76. The van der Waals surface area contributed by atoms with Crippen LogP contribution in [0, 0.1) is 5.41 Å². The van der Waals surface area contributed by atoms with Crippen molar-refractivity contribution in [2.24, 2.45) is 5.41 Å². The summed E-state index contributed by atoms with van der Waals surface area (Å²) < 4.78 is 0. The van der Waals surface area contributed by atoms with Crippen molar-refractivity contribution in [2.45, 2.75) is 27.2 Å². The fourth-order valence-electron chi connectivity index (χ4n) is 1.38. The Kier molecular flexibility index (Phi) is 2.19. The van der Waals surface area contributed by atoms with E-state index in [2.05, 4.69) is 26.8 Å². The molecule has 1 N–H and O–H groups in total. The third-order valence-corrected chi connectivity index (χ3v) is 2.61. The van der Waals surface area contributed by atoms with Gasteiger partial charge in [0.25, 0.3) is 0 Å². The molecule has 1 rings (SSSR count). The number of aliphatic hydroxyl groups is 1. The summed E-state index contributed by atoms with van der Waals surface area (Å²) >= 11 is 0. The minimum Gasteiger partial charge on any atom is -0.392 e. The maximum Gasteiger partial charge on any atom is 0.0681 e. The highest BCUT2D eigenvalue weighted by molar-refractivity contribution is 5.33. The van der Waals surface area contributed by atoms with Crippen LogP contribution in [0.25, 0.3) is 0 Å². The summed E-state index contributed by atoms with van der Waals surface area (Å²) in [4.78, 5) is 0. The van der Waals surface area contributed by atoms with Gasteiger partial charge < -0.3 is 5.11 Å². The summed E-state index contributed by atoms with van der Waals surface area (Å²) in [5.74, 6) is 0. The van der Waals surface area contributed by atoms with Gasteiger partial charge in [0.1, 0.15) is 0 Å². The van der Waals surface area contributed by atoms with Crippen molar-refractivity contribution in [2.75, 3.05) is 6.61 Å². The Hall–Kier alpha value is -0.560. The van der Waals surface area contributed by atoms with Crippen molar-refractivity contribution in [1.29, 1.82) is 0 Å². The van der Waals surface area contributed by atoms with Gasteiger partial charge in [-0.3, -0.25) is 0 Å². The predicted molar refractivity (Wildman–Crippen MR) is 47.3 cm³/mol. The molecule has 62 valence electrons. The average molecular weight is 152 g/mol. The molecule has 0 fully saturated rings. The van der Waals surface area contributed by atoms with Gasteiger partial charge in [-0.1, -0.05) is 31.6 Å². The predicted octanol–water partition coefficient (Wildman–Crippen LogP) is 2.28. The van der Waals surface area contributed by atoms with E-state index in [0.717, 1.165) is 12.0 Å². The Bertz CT molecular complexity index is 209. The SMILES string of the molecule is CC1=C(CO)C=CCC1(C)C. The van der Waals surface area contributed by atoms with Crippen LogP contribution in [-0.4, -0.2) is 11.7 Å². The largest absolute Gasteiger partial charge is 0.392 e. The molecule has 0 saturated carbocycles. The van der Waals surface area contributed by atoms with Crippen molar-refractivity contribution in [3.63, 3.8) is 0 Å². The molecule has 1 aliphatic carbocycles. The molecule has 0 aromatic carbocycles. The van der Waals surface area contributed by atoms with Crippen molar-refractivity contribution in [3.05, 3.63) is 23.3 Å². The molecule has 0 saturated heterocycles. The van der Waals surface area contributed by atoms with Crippen molar-refractivity contribution in [3.8, 4) is 0 Å². The van der Waals surface area contributed by atoms with Crippen LogP contribution < -0.4 is 0 Å². The topological polar surface area (TPSA) is 20.2 Å². The Labute approximate surface area is 68.4 Å². The molecule has 1 heteroatoms. The van der Waals surface area contributed by atoms with Gasteiger partial charge in [0.15, 0.2) is 0 Å². The van der Waals surface area contributed by atoms with E-state index in [0.29, 0.717) is 0 Å². The second-order valence-corrected chi connectivity index (χ2v) is 3.80. The standard InChI is InChI=1S/C10H16O/c1-8-9(7-11)5-4-6-10(8,2)3/h4-5,11H,6-7H2,1-3H3. The molecule has 1 nitrogen and oxygen atoms in total. The van der Waals surface area contributed by atoms with Gasteiger partial charge in [0.2, 0.25) is 0 Å². The molecule has 0 atom stereocenters. The highest BCUT2D eigenvalue weighted by Crippen LogP contribution is 2.35. The molecule has 11 heavy (non-hydrogen) atoms. The van der Waals surface area contributed by atoms with Crippen LogP contribution in [0.3, 0.4) is 0 Å². The van der Waals surface area contributed by atoms with Gasteiger partial charge in [-0.25, -0.2) is 0 Å². The molecule has 0 heterocycles. The molecule has 0 aliphatic heterocycles. The molecule has 0 amide bonds. The van der Waals surface area contributed by atoms with E-state index >= 15 is 0 Å². The van der Waals surface area contributed by atoms with E-state index in [1.54, 1.807) is 0 Å². The number of aliphatic hydroxyl groups excluding tert-OH is 1. The van der Waals surface area contributed by atoms with Crippen molar-refractivity contribution >= 4 is 0 Å². The van der Waals surface area contributed by atoms with Crippen LogP contribution in [0.1, 0.15) is 27.2 Å². The summed E-state index contributed by atoms with van der Waals surface area (Å²) in [5.41, 5.74) is 2.65. The van der Waals surface area contributed by atoms with E-state index < -0.39 is 0 Å². The molecular formula is C10H16O. The van der Waals surface area contributed by atoms with Gasteiger partial charge in [-0.05, 0) is 24.3 Å². The fourth-order valence-corrected chi connectivity index (χ4v) is 1.38. The third kappa shape index (κ3) is 1.54. The van der Waals surface area contributed by atoms with Gasteiger partial charge in [-0.2, -0.15) is 0 Å². The minimum atomic E-state index is 0.172. The Morgan fingerprint density at radius 1 is 1.55 bits per heavy atom. The molecule has 0 aromatic rings. The van der Waals surface area contributed by atoms with Crippen LogP contribution in [0.4, 0.5) is 0 Å². The normalized spacial score (nSPS) is 22.5. The number of rotatable bonds is 1. The summed E-state index contributed by atoms with van der Waals surface area (Å²) in [6, 6.07) is 0. The number of allylic oxidation sites excluding steroid dienone is 2. The van der Waals surface area contributed by atoms with Crippen LogP contribution in [-0.2, 0) is 0 Å². The highest BCUT2D eigenvalue weighted by Gasteiger charge is 2.23. The number of hydrogen-bond donors (Lipinski definition) is 1. The monoisotopic (exact) mass is 152 g/mol. The zero-order chi connectivity index (χ0) is 8.48. The fraction of sp³-hybridized carbons (Fsp3) is 0.600. The van der Waals surface area contributed by atoms with Gasteiger partial charge >= 0.3 is 0 Å². The van der Waals surface area contributed by atoms with Crippen LogP contribution in [0.15, 0.2) is 23.3 Å². The summed E-state index contributed by atoms with van der Waals surface area (Å²) in [5, 5.41) is 8.98. The van der Waals surface area contributed by atoms with E-state index in [4.69, 9.17) is 5.11 Å². The lowest BCUT2D eigenvalue weighted by molar-refractivity contribution is 0.325. The average Bonchev–Trinajstić information content (AvgIpc) is 1.95. The summed E-state index contributed by atoms with van der Waals surface area (Å²) in [6.07, 6.45) is 5.25. The molecule has 0 spiro atoms. The van der Waals surface area contributed by atoms with E-state index in [1.807, 2.05) is 6.08 Å². The number of hydrogen-bond acceptors (Lipinski definition) is 1. The molecule has 0 radical (unpaired) electrons. The quantitative estimate of drug-likeness (QED) is 0.611. The Balaban J connectivity index is 2.97. The minimum absolute atomic E-state index is 0.172. The Morgan fingerprint density at radius 3 is 2.64 bits per heavy atom. The summed E-state index contributed by atoms with van der Waals surface area (Å²) in [7, 11) is 0.